The molecule has 4 aromatic rings. The van der Waals surface area contributed by atoms with Crippen molar-refractivity contribution in [3.8, 4) is 16.9 Å². The monoisotopic (exact) mass is 340 g/mol. The molecule has 0 aliphatic heterocycles. The van der Waals surface area contributed by atoms with E-state index in [0.717, 1.165) is 11.1 Å². The zero-order valence-electron chi connectivity index (χ0n) is 13.9. The maximum absolute atomic E-state index is 12.4. The van der Waals surface area contributed by atoms with Crippen LogP contribution in [0.15, 0.2) is 91.4 Å². The highest BCUT2D eigenvalue weighted by atomic mass is 16.1. The number of amides is 1. The third-order valence-corrected chi connectivity index (χ3v) is 4.00. The molecule has 4 rings (SSSR count). The summed E-state index contributed by atoms with van der Waals surface area (Å²) in [7, 11) is 0. The van der Waals surface area contributed by atoms with Crippen LogP contribution in [-0.2, 0) is 0 Å². The van der Waals surface area contributed by atoms with Crippen LogP contribution in [-0.4, -0.2) is 20.7 Å². The predicted octanol–water partition coefficient (Wildman–Crippen LogP) is 4.19. The normalized spacial score (nSPS) is 10.5. The zero-order chi connectivity index (χ0) is 17.8. The summed E-state index contributed by atoms with van der Waals surface area (Å²) in [6, 6.07) is 23.0. The largest absolute Gasteiger partial charge is 0.321 e. The molecule has 0 bridgehead atoms. The SMILES string of the molecule is O=C(Nc1ccc(-n2cccn2)nc1)c1ccc(-c2ccccc2)cc1. The van der Waals surface area contributed by atoms with Crippen molar-refractivity contribution in [1.82, 2.24) is 14.8 Å². The van der Waals surface area contributed by atoms with Crippen LogP contribution in [0.2, 0.25) is 0 Å². The number of pyridine rings is 1. The first-order valence-electron chi connectivity index (χ1n) is 8.22. The van der Waals surface area contributed by atoms with Gasteiger partial charge < -0.3 is 5.32 Å². The fraction of sp³-hybridized carbons (Fsp3) is 0. The van der Waals surface area contributed by atoms with Crippen LogP contribution < -0.4 is 5.32 Å². The van der Waals surface area contributed by atoms with Crippen molar-refractivity contribution in [3.05, 3.63) is 97.0 Å². The average molecular weight is 340 g/mol. The highest BCUT2D eigenvalue weighted by Gasteiger charge is 2.07. The van der Waals surface area contributed by atoms with Gasteiger partial charge in [0.1, 0.15) is 0 Å². The van der Waals surface area contributed by atoms with E-state index in [-0.39, 0.29) is 5.91 Å². The standard InChI is InChI=1S/C21H16N4O/c26-21(18-9-7-17(8-10-18)16-5-2-1-3-6-16)24-19-11-12-20(22-15-19)25-14-4-13-23-25/h1-15H,(H,24,26). The van der Waals surface area contributed by atoms with Gasteiger partial charge in [0.15, 0.2) is 5.82 Å². The van der Waals surface area contributed by atoms with E-state index in [1.807, 2.05) is 66.9 Å². The molecule has 5 nitrogen and oxygen atoms in total. The molecule has 0 radical (unpaired) electrons. The van der Waals surface area contributed by atoms with Crippen LogP contribution in [0.4, 0.5) is 5.69 Å². The second kappa shape index (κ2) is 7.03. The summed E-state index contributed by atoms with van der Waals surface area (Å²) in [5.74, 6) is 0.526. The van der Waals surface area contributed by atoms with Gasteiger partial charge >= 0.3 is 0 Å². The number of carbonyl (C=O) groups excluding carboxylic acids is 1. The van der Waals surface area contributed by atoms with Crippen molar-refractivity contribution >= 4 is 11.6 Å². The summed E-state index contributed by atoms with van der Waals surface area (Å²) in [6.07, 6.45) is 5.12. The molecule has 0 atom stereocenters. The van der Waals surface area contributed by atoms with Crippen LogP contribution in [0.5, 0.6) is 0 Å². The Bertz CT molecular complexity index is 992. The molecule has 0 fully saturated rings. The van der Waals surface area contributed by atoms with Crippen molar-refractivity contribution in [2.24, 2.45) is 0 Å². The van der Waals surface area contributed by atoms with Crippen molar-refractivity contribution in [2.45, 2.75) is 0 Å². The molecule has 0 spiro atoms. The van der Waals surface area contributed by atoms with Crippen molar-refractivity contribution in [3.63, 3.8) is 0 Å². The van der Waals surface area contributed by atoms with Crippen LogP contribution in [0.1, 0.15) is 10.4 Å². The number of anilines is 1. The Hall–Kier alpha value is -3.73. The van der Waals surface area contributed by atoms with Crippen LogP contribution >= 0.6 is 0 Å². The van der Waals surface area contributed by atoms with Crippen molar-refractivity contribution in [1.29, 1.82) is 0 Å². The first kappa shape index (κ1) is 15.8. The van der Waals surface area contributed by atoms with Gasteiger partial charge in [-0.3, -0.25) is 4.79 Å². The topological polar surface area (TPSA) is 59.8 Å². The number of hydrogen-bond donors (Lipinski definition) is 1. The van der Waals surface area contributed by atoms with E-state index in [2.05, 4.69) is 15.4 Å². The van der Waals surface area contributed by atoms with E-state index >= 15 is 0 Å². The maximum atomic E-state index is 12.4. The van der Waals surface area contributed by atoms with E-state index in [1.165, 1.54) is 0 Å². The summed E-state index contributed by atoms with van der Waals surface area (Å²) in [6.45, 7) is 0. The van der Waals surface area contributed by atoms with Crippen LogP contribution in [0.25, 0.3) is 16.9 Å². The number of benzene rings is 2. The van der Waals surface area contributed by atoms with E-state index < -0.39 is 0 Å². The van der Waals surface area contributed by atoms with E-state index in [9.17, 15) is 4.79 Å². The Kier molecular flexibility index (Phi) is 4.26. The van der Waals surface area contributed by atoms with E-state index in [1.54, 1.807) is 29.2 Å². The lowest BCUT2D eigenvalue weighted by Gasteiger charge is -2.07. The predicted molar refractivity (Wildman–Crippen MR) is 101 cm³/mol. The summed E-state index contributed by atoms with van der Waals surface area (Å²) in [5, 5.41) is 6.98. The number of carbonyl (C=O) groups is 1. The van der Waals surface area contributed by atoms with Gasteiger partial charge in [0.05, 0.1) is 11.9 Å². The van der Waals surface area contributed by atoms with Crippen LogP contribution in [0, 0.1) is 0 Å². The van der Waals surface area contributed by atoms with Crippen molar-refractivity contribution < 1.29 is 4.79 Å². The second-order valence-corrected chi connectivity index (χ2v) is 5.75. The Morgan fingerprint density at radius 2 is 1.62 bits per heavy atom. The molecule has 0 unspecified atom stereocenters. The lowest BCUT2D eigenvalue weighted by atomic mass is 10.0. The molecule has 5 heteroatoms. The molecule has 2 heterocycles. The van der Waals surface area contributed by atoms with E-state index in [4.69, 9.17) is 0 Å². The molecule has 26 heavy (non-hydrogen) atoms. The summed E-state index contributed by atoms with van der Waals surface area (Å²) in [5.41, 5.74) is 3.43. The van der Waals surface area contributed by atoms with E-state index in [0.29, 0.717) is 17.1 Å². The molecule has 0 saturated carbocycles. The minimum Gasteiger partial charge on any atom is -0.321 e. The number of aromatic nitrogens is 3. The highest BCUT2D eigenvalue weighted by molar-refractivity contribution is 6.04. The van der Waals surface area contributed by atoms with Gasteiger partial charge in [-0.15, -0.1) is 0 Å². The number of hydrogen-bond acceptors (Lipinski definition) is 3. The van der Waals surface area contributed by atoms with Gasteiger partial charge in [0.2, 0.25) is 0 Å². The number of nitrogens with one attached hydrogen (secondary N) is 1. The first-order chi connectivity index (χ1) is 12.8. The van der Waals surface area contributed by atoms with Gasteiger partial charge in [-0.1, -0.05) is 42.5 Å². The van der Waals surface area contributed by atoms with Gasteiger partial charge in [-0.2, -0.15) is 5.10 Å². The third kappa shape index (κ3) is 3.37. The molecular weight excluding hydrogens is 324 g/mol. The lowest BCUT2D eigenvalue weighted by Crippen LogP contribution is -2.12. The molecule has 0 aliphatic carbocycles. The van der Waals surface area contributed by atoms with Gasteiger partial charge in [0, 0.05) is 18.0 Å². The molecule has 2 aromatic carbocycles. The van der Waals surface area contributed by atoms with Crippen molar-refractivity contribution in [2.75, 3.05) is 5.32 Å². The molecule has 1 amide bonds. The zero-order valence-corrected chi connectivity index (χ0v) is 13.9. The minimum absolute atomic E-state index is 0.168. The molecular formula is C21H16N4O. The molecule has 1 N–H and O–H groups in total. The minimum atomic E-state index is -0.168. The summed E-state index contributed by atoms with van der Waals surface area (Å²) in [4.78, 5) is 16.7. The molecule has 2 aromatic heterocycles. The third-order valence-electron chi connectivity index (χ3n) is 4.00. The number of rotatable bonds is 4. The molecule has 126 valence electrons. The first-order valence-corrected chi connectivity index (χ1v) is 8.22. The Balaban J connectivity index is 1.46. The fourth-order valence-corrected chi connectivity index (χ4v) is 2.65. The van der Waals surface area contributed by atoms with Gasteiger partial charge in [-0.05, 0) is 41.5 Å². The highest BCUT2D eigenvalue weighted by Crippen LogP contribution is 2.19. The fourth-order valence-electron chi connectivity index (χ4n) is 2.65. The van der Waals surface area contributed by atoms with Gasteiger partial charge in [0.25, 0.3) is 5.91 Å². The average Bonchev–Trinajstić information content (AvgIpc) is 3.24. The number of nitrogens with zero attached hydrogens (tertiary/aromatic N) is 3. The summed E-state index contributed by atoms with van der Waals surface area (Å²) >= 11 is 0. The summed E-state index contributed by atoms with van der Waals surface area (Å²) < 4.78 is 1.66. The quantitative estimate of drug-likeness (QED) is 0.606. The Labute approximate surface area is 151 Å². The van der Waals surface area contributed by atoms with Gasteiger partial charge in [-0.25, -0.2) is 9.67 Å². The maximum Gasteiger partial charge on any atom is 0.255 e. The second-order valence-electron chi connectivity index (χ2n) is 5.75. The lowest BCUT2D eigenvalue weighted by molar-refractivity contribution is 0.102. The molecule has 0 saturated heterocycles. The Morgan fingerprint density at radius 3 is 2.27 bits per heavy atom. The Morgan fingerprint density at radius 1 is 0.846 bits per heavy atom. The molecule has 0 aliphatic rings. The van der Waals surface area contributed by atoms with Crippen LogP contribution in [0.3, 0.4) is 0 Å². The smallest absolute Gasteiger partial charge is 0.255 e.